The predicted octanol–water partition coefficient (Wildman–Crippen LogP) is 5.14. The number of nitrogens with one attached hydrogen (secondary N) is 1. The van der Waals surface area contributed by atoms with Crippen molar-refractivity contribution in [3.63, 3.8) is 0 Å². The zero-order valence-electron chi connectivity index (χ0n) is 16.4. The van der Waals surface area contributed by atoms with Crippen molar-refractivity contribution in [3.05, 3.63) is 77.9 Å². The molecule has 3 atom stereocenters. The molecule has 1 aromatic heterocycles. The summed E-state index contributed by atoms with van der Waals surface area (Å²) in [7, 11) is 0. The molecule has 2 aliphatic carbocycles. The number of carbonyl (C=O) groups excluding carboxylic acids is 1. The lowest BCUT2D eigenvalue weighted by molar-refractivity contribution is 0.0956. The first-order chi connectivity index (χ1) is 14.2. The van der Waals surface area contributed by atoms with Crippen molar-refractivity contribution in [2.45, 2.75) is 19.8 Å². The number of benzene rings is 2. The van der Waals surface area contributed by atoms with Crippen LogP contribution in [0.5, 0.6) is 0 Å². The average molecular weight is 381 g/mol. The summed E-state index contributed by atoms with van der Waals surface area (Å²) in [5, 5.41) is 5.12. The van der Waals surface area contributed by atoms with Gasteiger partial charge in [0.1, 0.15) is 0 Å². The number of aromatic nitrogens is 1. The maximum atomic E-state index is 13.0. The Morgan fingerprint density at radius 2 is 1.93 bits per heavy atom. The van der Waals surface area contributed by atoms with Gasteiger partial charge < -0.3 is 0 Å². The Morgan fingerprint density at radius 1 is 1.10 bits per heavy atom. The van der Waals surface area contributed by atoms with Crippen molar-refractivity contribution in [1.82, 2.24) is 10.4 Å². The molecular formula is C25H23N3O. The van der Waals surface area contributed by atoms with E-state index in [0.29, 0.717) is 23.3 Å². The number of allylic oxidation sites excluding steroid dienone is 2. The van der Waals surface area contributed by atoms with Gasteiger partial charge in [-0.1, -0.05) is 60.2 Å². The fourth-order valence-corrected chi connectivity index (χ4v) is 4.48. The highest BCUT2D eigenvalue weighted by molar-refractivity contribution is 6.07. The molecule has 0 unspecified atom stereocenters. The second-order valence-electron chi connectivity index (χ2n) is 8.10. The van der Waals surface area contributed by atoms with E-state index in [4.69, 9.17) is 4.98 Å². The molecule has 144 valence electrons. The second kappa shape index (κ2) is 7.28. The molecule has 2 aliphatic rings. The fourth-order valence-electron chi connectivity index (χ4n) is 4.48. The molecule has 1 N–H and O–H groups in total. The molecule has 4 heteroatoms. The van der Waals surface area contributed by atoms with Crippen molar-refractivity contribution in [1.29, 1.82) is 0 Å². The Morgan fingerprint density at radius 3 is 2.69 bits per heavy atom. The summed E-state index contributed by atoms with van der Waals surface area (Å²) in [5.41, 5.74) is 7.11. The number of fused-ring (bicyclic) bond motifs is 3. The summed E-state index contributed by atoms with van der Waals surface area (Å²) in [5.74, 6) is 1.50. The van der Waals surface area contributed by atoms with Gasteiger partial charge in [0.2, 0.25) is 0 Å². The Bertz CT molecular complexity index is 1130. The number of hydrazone groups is 1. The van der Waals surface area contributed by atoms with E-state index in [0.717, 1.165) is 28.6 Å². The molecule has 29 heavy (non-hydrogen) atoms. The number of para-hydroxylation sites is 1. The lowest BCUT2D eigenvalue weighted by atomic mass is 9.95. The van der Waals surface area contributed by atoms with Crippen LogP contribution in [0.3, 0.4) is 0 Å². The van der Waals surface area contributed by atoms with Crippen LogP contribution in [-0.4, -0.2) is 17.1 Å². The normalized spacial score (nSPS) is 22.6. The van der Waals surface area contributed by atoms with Crippen LogP contribution in [0.15, 0.2) is 71.9 Å². The van der Waals surface area contributed by atoms with E-state index in [9.17, 15) is 4.79 Å². The Balaban J connectivity index is 1.44. The highest BCUT2D eigenvalue weighted by Crippen LogP contribution is 2.42. The van der Waals surface area contributed by atoms with E-state index >= 15 is 0 Å². The zero-order valence-corrected chi connectivity index (χ0v) is 16.4. The van der Waals surface area contributed by atoms with Gasteiger partial charge in [0, 0.05) is 23.1 Å². The third kappa shape index (κ3) is 3.46. The molecule has 2 aromatic carbocycles. The van der Waals surface area contributed by atoms with E-state index in [1.165, 1.54) is 12.0 Å². The van der Waals surface area contributed by atoms with E-state index < -0.39 is 0 Å². The van der Waals surface area contributed by atoms with Crippen molar-refractivity contribution < 1.29 is 4.79 Å². The maximum absolute atomic E-state index is 13.0. The molecule has 1 fully saturated rings. The summed E-state index contributed by atoms with van der Waals surface area (Å²) >= 11 is 0. The Labute approximate surface area is 170 Å². The lowest BCUT2D eigenvalue weighted by Gasteiger charge is -2.12. The van der Waals surface area contributed by atoms with Crippen molar-refractivity contribution in [2.24, 2.45) is 22.9 Å². The number of hydrogen-bond donors (Lipinski definition) is 1. The minimum absolute atomic E-state index is 0.202. The topological polar surface area (TPSA) is 54.4 Å². The molecule has 0 saturated heterocycles. The third-order valence-electron chi connectivity index (χ3n) is 6.07. The third-order valence-corrected chi connectivity index (χ3v) is 6.07. The second-order valence-corrected chi connectivity index (χ2v) is 8.10. The SMILES string of the molecule is Cc1ccc(-c2cc(C(=O)N/N=C\[C@@H]3C[C@H]4C=C[C@@H]3C4)c3ccccc3n2)cc1. The van der Waals surface area contributed by atoms with Crippen LogP contribution in [0.25, 0.3) is 22.2 Å². The van der Waals surface area contributed by atoms with Crippen LogP contribution in [0.4, 0.5) is 0 Å². The molecule has 5 rings (SSSR count). The molecule has 4 nitrogen and oxygen atoms in total. The summed E-state index contributed by atoms with van der Waals surface area (Å²) in [6, 6.07) is 17.8. The van der Waals surface area contributed by atoms with E-state index in [1.54, 1.807) is 0 Å². The first-order valence-corrected chi connectivity index (χ1v) is 10.2. The van der Waals surface area contributed by atoms with Crippen LogP contribution < -0.4 is 5.43 Å². The van der Waals surface area contributed by atoms with Gasteiger partial charge in [-0.15, -0.1) is 0 Å². The molecule has 1 amide bonds. The first kappa shape index (κ1) is 17.8. The number of carbonyl (C=O) groups is 1. The number of amides is 1. The summed E-state index contributed by atoms with van der Waals surface area (Å²) < 4.78 is 0. The number of pyridine rings is 1. The maximum Gasteiger partial charge on any atom is 0.272 e. The molecule has 1 heterocycles. The first-order valence-electron chi connectivity index (χ1n) is 10.2. The van der Waals surface area contributed by atoms with Gasteiger partial charge in [-0.05, 0) is 43.7 Å². The standard InChI is InChI=1S/C25H23N3O/c1-16-6-9-18(10-7-16)24-14-22(21-4-2-3-5-23(21)27-24)25(29)28-26-15-20-13-17-8-11-19(20)12-17/h2-11,14-15,17,19-20H,12-13H2,1H3,(H,28,29)/b26-15-/t17-,19+,20-/m0/s1. The lowest BCUT2D eigenvalue weighted by Crippen LogP contribution is -2.20. The minimum Gasteiger partial charge on any atom is -0.267 e. The quantitative estimate of drug-likeness (QED) is 0.387. The monoisotopic (exact) mass is 381 g/mol. The summed E-state index contributed by atoms with van der Waals surface area (Å²) in [6.07, 6.45) is 8.87. The van der Waals surface area contributed by atoms with E-state index in [1.807, 2.05) is 48.7 Å². The summed E-state index contributed by atoms with van der Waals surface area (Å²) in [4.78, 5) is 17.7. The number of aryl methyl sites for hydroxylation is 1. The van der Waals surface area contributed by atoms with E-state index in [-0.39, 0.29) is 5.91 Å². The Hall–Kier alpha value is -3.27. The molecule has 3 aromatic rings. The van der Waals surface area contributed by atoms with Gasteiger partial charge in [-0.2, -0.15) is 5.10 Å². The van der Waals surface area contributed by atoms with Crippen LogP contribution in [0.2, 0.25) is 0 Å². The van der Waals surface area contributed by atoms with Crippen molar-refractivity contribution in [2.75, 3.05) is 0 Å². The number of nitrogens with zero attached hydrogens (tertiary/aromatic N) is 2. The Kier molecular flexibility index (Phi) is 4.47. The van der Waals surface area contributed by atoms with Crippen LogP contribution >= 0.6 is 0 Å². The molecule has 1 saturated carbocycles. The van der Waals surface area contributed by atoms with E-state index in [2.05, 4.69) is 41.7 Å². The zero-order chi connectivity index (χ0) is 19.8. The molecule has 0 aliphatic heterocycles. The fraction of sp³-hybridized carbons (Fsp3) is 0.240. The highest BCUT2D eigenvalue weighted by Gasteiger charge is 2.34. The minimum atomic E-state index is -0.202. The van der Waals surface area contributed by atoms with Gasteiger partial charge in [0.05, 0.1) is 16.8 Å². The van der Waals surface area contributed by atoms with Gasteiger partial charge in [-0.3, -0.25) is 4.79 Å². The smallest absolute Gasteiger partial charge is 0.267 e. The molecule has 2 bridgehead atoms. The molecular weight excluding hydrogens is 358 g/mol. The molecule has 0 spiro atoms. The van der Waals surface area contributed by atoms with Crippen molar-refractivity contribution >= 4 is 23.0 Å². The van der Waals surface area contributed by atoms with Crippen molar-refractivity contribution in [3.8, 4) is 11.3 Å². The largest absolute Gasteiger partial charge is 0.272 e. The predicted molar refractivity (Wildman–Crippen MR) is 117 cm³/mol. The van der Waals surface area contributed by atoms with Crippen LogP contribution in [0, 0.1) is 24.7 Å². The van der Waals surface area contributed by atoms with Gasteiger partial charge in [-0.25, -0.2) is 10.4 Å². The highest BCUT2D eigenvalue weighted by atomic mass is 16.2. The number of rotatable bonds is 4. The summed E-state index contributed by atoms with van der Waals surface area (Å²) in [6.45, 7) is 2.06. The molecule has 0 radical (unpaired) electrons. The van der Waals surface area contributed by atoms with Gasteiger partial charge >= 0.3 is 0 Å². The van der Waals surface area contributed by atoms with Gasteiger partial charge in [0.25, 0.3) is 5.91 Å². The van der Waals surface area contributed by atoms with Gasteiger partial charge in [0.15, 0.2) is 0 Å². The average Bonchev–Trinajstić information content (AvgIpc) is 3.37. The van der Waals surface area contributed by atoms with Crippen LogP contribution in [-0.2, 0) is 0 Å². The number of hydrogen-bond acceptors (Lipinski definition) is 3. The van der Waals surface area contributed by atoms with Crippen LogP contribution in [0.1, 0.15) is 28.8 Å².